The van der Waals surface area contributed by atoms with Crippen LogP contribution in [0.5, 0.6) is 11.5 Å². The van der Waals surface area contributed by atoms with Gasteiger partial charge in [-0.2, -0.15) is 0 Å². The summed E-state index contributed by atoms with van der Waals surface area (Å²) in [7, 11) is 1.60. The second-order valence-corrected chi connectivity index (χ2v) is 9.71. The van der Waals surface area contributed by atoms with E-state index in [9.17, 15) is 4.79 Å². The zero-order valence-corrected chi connectivity index (χ0v) is 21.0. The Kier molecular flexibility index (Phi) is 8.88. The molecule has 33 heavy (non-hydrogen) atoms. The summed E-state index contributed by atoms with van der Waals surface area (Å²) in [5.41, 5.74) is 1.24. The van der Waals surface area contributed by atoms with Crippen LogP contribution in [0.2, 0.25) is 10.0 Å². The van der Waals surface area contributed by atoms with Gasteiger partial charge >= 0.3 is 5.97 Å². The van der Waals surface area contributed by atoms with Gasteiger partial charge < -0.3 is 18.9 Å². The quantitative estimate of drug-likeness (QED) is 0.438. The van der Waals surface area contributed by atoms with Crippen LogP contribution in [0, 0.1) is 0 Å². The number of hydrogen-bond acceptors (Lipinski definition) is 6. The van der Waals surface area contributed by atoms with Crippen molar-refractivity contribution >= 4 is 29.2 Å². The lowest BCUT2D eigenvalue weighted by molar-refractivity contribution is -0.155. The van der Waals surface area contributed by atoms with Crippen molar-refractivity contribution < 1.29 is 23.7 Å². The predicted molar refractivity (Wildman–Crippen MR) is 129 cm³/mol. The van der Waals surface area contributed by atoms with Gasteiger partial charge in [-0.1, -0.05) is 35.3 Å². The Bertz CT molecular complexity index is 940. The van der Waals surface area contributed by atoms with Crippen LogP contribution in [0.15, 0.2) is 36.4 Å². The number of methoxy groups -OCH3 is 1. The van der Waals surface area contributed by atoms with Gasteiger partial charge in [0.1, 0.15) is 12.2 Å². The Morgan fingerprint density at radius 2 is 1.88 bits per heavy atom. The summed E-state index contributed by atoms with van der Waals surface area (Å²) in [6.45, 7) is 8.53. The standard InChI is InChI=1S/C25H31Cl2NO5/c1-25(2,3)33-24(29)10-11-28-12-13-31-23(15-28)17-8-9-21(22(14-17)30-4)32-16-18-19(26)6-5-7-20(18)27/h5-9,14,23H,10-13,15-16H2,1-4H3. The maximum Gasteiger partial charge on any atom is 0.307 e. The first-order valence-corrected chi connectivity index (χ1v) is 11.7. The maximum absolute atomic E-state index is 12.1. The van der Waals surface area contributed by atoms with E-state index < -0.39 is 5.60 Å². The zero-order chi connectivity index (χ0) is 24.0. The number of nitrogens with zero attached hydrogens (tertiary/aromatic N) is 1. The Morgan fingerprint density at radius 1 is 1.15 bits per heavy atom. The SMILES string of the molecule is COc1cc(C2CN(CCC(=O)OC(C)(C)C)CCO2)ccc1OCc1c(Cl)cccc1Cl. The van der Waals surface area contributed by atoms with E-state index >= 15 is 0 Å². The molecule has 1 atom stereocenters. The summed E-state index contributed by atoms with van der Waals surface area (Å²) in [4.78, 5) is 14.3. The van der Waals surface area contributed by atoms with E-state index in [2.05, 4.69) is 4.90 Å². The minimum atomic E-state index is -0.470. The molecular formula is C25H31Cl2NO5. The molecular weight excluding hydrogens is 465 g/mol. The van der Waals surface area contributed by atoms with Gasteiger partial charge in [0.25, 0.3) is 0 Å². The first-order valence-electron chi connectivity index (χ1n) is 11.0. The highest BCUT2D eigenvalue weighted by molar-refractivity contribution is 6.35. The lowest BCUT2D eigenvalue weighted by atomic mass is 10.1. The molecule has 1 heterocycles. The van der Waals surface area contributed by atoms with E-state index in [0.717, 1.165) is 17.7 Å². The number of carbonyl (C=O) groups is 1. The van der Waals surface area contributed by atoms with Gasteiger partial charge in [0.15, 0.2) is 11.5 Å². The lowest BCUT2D eigenvalue weighted by Crippen LogP contribution is -2.40. The fourth-order valence-electron chi connectivity index (χ4n) is 3.57. The molecule has 0 spiro atoms. The molecule has 2 aromatic rings. The highest BCUT2D eigenvalue weighted by atomic mass is 35.5. The average molecular weight is 496 g/mol. The zero-order valence-electron chi connectivity index (χ0n) is 19.5. The number of esters is 1. The van der Waals surface area contributed by atoms with Crippen LogP contribution in [-0.2, 0) is 20.9 Å². The van der Waals surface area contributed by atoms with Crippen molar-refractivity contribution in [3.63, 3.8) is 0 Å². The molecule has 0 amide bonds. The number of halogens is 2. The van der Waals surface area contributed by atoms with Gasteiger partial charge in [-0.3, -0.25) is 9.69 Å². The van der Waals surface area contributed by atoms with Crippen LogP contribution >= 0.6 is 23.2 Å². The summed E-state index contributed by atoms with van der Waals surface area (Å²) in [5, 5.41) is 1.11. The van der Waals surface area contributed by atoms with Gasteiger partial charge in [0.05, 0.1) is 26.2 Å². The topological polar surface area (TPSA) is 57.2 Å². The van der Waals surface area contributed by atoms with Crippen molar-refractivity contribution in [3.05, 3.63) is 57.6 Å². The highest BCUT2D eigenvalue weighted by Gasteiger charge is 2.24. The Labute approximate surface area is 205 Å². The minimum Gasteiger partial charge on any atom is -0.493 e. The Hall–Kier alpha value is -1.99. The van der Waals surface area contributed by atoms with Crippen LogP contribution in [0.1, 0.15) is 44.4 Å². The first-order chi connectivity index (χ1) is 15.7. The van der Waals surface area contributed by atoms with Crippen LogP contribution in [-0.4, -0.2) is 49.8 Å². The number of ether oxygens (including phenoxy) is 4. The monoisotopic (exact) mass is 495 g/mol. The number of hydrogen-bond donors (Lipinski definition) is 0. The molecule has 1 aliphatic rings. The minimum absolute atomic E-state index is 0.127. The first kappa shape index (κ1) is 25.6. The third-order valence-electron chi connectivity index (χ3n) is 5.20. The normalized spacial score (nSPS) is 17.0. The number of carbonyl (C=O) groups excluding carboxylic acids is 1. The van der Waals surface area contributed by atoms with E-state index in [1.54, 1.807) is 25.3 Å². The summed E-state index contributed by atoms with van der Waals surface area (Å²) < 4.78 is 22.9. The largest absolute Gasteiger partial charge is 0.493 e. The van der Waals surface area contributed by atoms with Crippen LogP contribution in [0.3, 0.4) is 0 Å². The predicted octanol–water partition coefficient (Wildman–Crippen LogP) is 5.69. The Morgan fingerprint density at radius 3 is 2.55 bits per heavy atom. The molecule has 1 aliphatic heterocycles. The van der Waals surface area contributed by atoms with Gasteiger partial charge in [-0.15, -0.1) is 0 Å². The molecule has 0 N–H and O–H groups in total. The van der Waals surface area contributed by atoms with Crippen LogP contribution in [0.4, 0.5) is 0 Å². The summed E-state index contributed by atoms with van der Waals surface area (Å²) >= 11 is 12.5. The van der Waals surface area contributed by atoms with E-state index in [-0.39, 0.29) is 18.7 Å². The van der Waals surface area contributed by atoms with E-state index in [1.165, 1.54) is 0 Å². The second kappa shape index (κ2) is 11.4. The summed E-state index contributed by atoms with van der Waals surface area (Å²) in [5.74, 6) is 1.01. The molecule has 1 saturated heterocycles. The van der Waals surface area contributed by atoms with Gasteiger partial charge in [0.2, 0.25) is 0 Å². The van der Waals surface area contributed by atoms with Gasteiger partial charge in [-0.25, -0.2) is 0 Å². The van der Waals surface area contributed by atoms with E-state index in [4.69, 9.17) is 42.1 Å². The van der Waals surface area contributed by atoms with Crippen molar-refractivity contribution in [2.75, 3.05) is 33.4 Å². The molecule has 8 heteroatoms. The van der Waals surface area contributed by atoms with Gasteiger partial charge in [0, 0.05) is 35.2 Å². The summed E-state index contributed by atoms with van der Waals surface area (Å²) in [6.07, 6.45) is 0.225. The third-order valence-corrected chi connectivity index (χ3v) is 5.90. The molecule has 0 bridgehead atoms. The fourth-order valence-corrected chi connectivity index (χ4v) is 4.08. The maximum atomic E-state index is 12.1. The molecule has 6 nitrogen and oxygen atoms in total. The van der Waals surface area contributed by atoms with Crippen molar-refractivity contribution in [1.82, 2.24) is 4.90 Å². The van der Waals surface area contributed by atoms with E-state index in [1.807, 2.05) is 39.0 Å². The average Bonchev–Trinajstić information content (AvgIpc) is 2.76. The number of morpholine rings is 1. The number of rotatable bonds is 8. The molecule has 0 aliphatic carbocycles. The van der Waals surface area contributed by atoms with Crippen molar-refractivity contribution in [1.29, 1.82) is 0 Å². The third kappa shape index (κ3) is 7.51. The summed E-state index contributed by atoms with van der Waals surface area (Å²) in [6, 6.07) is 11.1. The van der Waals surface area contributed by atoms with Crippen molar-refractivity contribution in [3.8, 4) is 11.5 Å². The van der Waals surface area contributed by atoms with Gasteiger partial charge in [-0.05, 0) is 50.6 Å². The van der Waals surface area contributed by atoms with Crippen molar-refractivity contribution in [2.24, 2.45) is 0 Å². The molecule has 0 radical (unpaired) electrons. The fraction of sp³-hybridized carbons (Fsp3) is 0.480. The Balaban J connectivity index is 1.61. The molecule has 1 unspecified atom stereocenters. The molecule has 180 valence electrons. The second-order valence-electron chi connectivity index (χ2n) is 8.90. The highest BCUT2D eigenvalue weighted by Crippen LogP contribution is 2.34. The number of benzene rings is 2. The van der Waals surface area contributed by atoms with E-state index in [0.29, 0.717) is 47.7 Å². The van der Waals surface area contributed by atoms with Crippen molar-refractivity contribution in [2.45, 2.75) is 45.5 Å². The lowest BCUT2D eigenvalue weighted by Gasteiger charge is -2.33. The molecule has 0 aromatic heterocycles. The molecule has 1 fully saturated rings. The molecule has 2 aromatic carbocycles. The molecule has 0 saturated carbocycles. The van der Waals surface area contributed by atoms with Crippen LogP contribution in [0.25, 0.3) is 0 Å². The van der Waals surface area contributed by atoms with Crippen LogP contribution < -0.4 is 9.47 Å². The molecule has 3 rings (SSSR count). The smallest absolute Gasteiger partial charge is 0.307 e.